The summed E-state index contributed by atoms with van der Waals surface area (Å²) in [5.74, 6) is -1.55. The third-order valence-corrected chi connectivity index (χ3v) is 4.23. The van der Waals surface area contributed by atoms with E-state index in [9.17, 15) is 19.0 Å². The predicted molar refractivity (Wildman–Crippen MR) is 64.1 cm³/mol. The van der Waals surface area contributed by atoms with Crippen molar-refractivity contribution in [1.29, 1.82) is 0 Å². The van der Waals surface area contributed by atoms with E-state index >= 15 is 0 Å². The molecule has 1 heterocycles. The Balaban J connectivity index is 2.63. The Bertz CT molecular complexity index is 375. The van der Waals surface area contributed by atoms with Gasteiger partial charge in [0.25, 0.3) is 7.52 Å². The molecule has 0 aliphatic carbocycles. The van der Waals surface area contributed by atoms with Gasteiger partial charge in [-0.15, -0.1) is 0 Å². The minimum atomic E-state index is -3.63. The number of nitrogens with two attached hydrogens (primary N) is 1. The molecule has 0 radical (unpaired) electrons. The first-order chi connectivity index (χ1) is 8.35. The van der Waals surface area contributed by atoms with E-state index in [0.29, 0.717) is 19.4 Å². The standard InChI is InChI=1S/C9H18N3O5P/c10-3-5-18(16,17)11-7-2-1-4-12(9(7)15)6-8(13)14/h7H,1-6,10H2,(H,13,14)(H2,11,16,17)/t7-/m0/s1. The highest BCUT2D eigenvalue weighted by Crippen LogP contribution is 2.36. The van der Waals surface area contributed by atoms with E-state index in [0.717, 1.165) is 0 Å². The largest absolute Gasteiger partial charge is 0.480 e. The molecule has 1 rings (SSSR count). The fourth-order valence-electron chi connectivity index (χ4n) is 1.86. The van der Waals surface area contributed by atoms with Gasteiger partial charge in [-0.05, 0) is 12.8 Å². The Kier molecular flexibility index (Phi) is 5.28. The molecule has 0 bridgehead atoms. The highest BCUT2D eigenvalue weighted by Gasteiger charge is 2.33. The van der Waals surface area contributed by atoms with Crippen LogP contribution in [0.4, 0.5) is 0 Å². The van der Waals surface area contributed by atoms with Crippen molar-refractivity contribution in [3.05, 3.63) is 0 Å². The number of amides is 1. The van der Waals surface area contributed by atoms with Gasteiger partial charge in [-0.2, -0.15) is 0 Å². The van der Waals surface area contributed by atoms with Crippen LogP contribution in [-0.4, -0.2) is 58.6 Å². The molecule has 0 aromatic carbocycles. The molecular formula is C9H18N3O5P. The lowest BCUT2D eigenvalue weighted by molar-refractivity contribution is -0.146. The van der Waals surface area contributed by atoms with Crippen LogP contribution in [-0.2, 0) is 14.2 Å². The summed E-state index contributed by atoms with van der Waals surface area (Å²) in [6, 6.07) is -0.805. The van der Waals surface area contributed by atoms with Crippen LogP contribution in [0.25, 0.3) is 0 Å². The zero-order valence-electron chi connectivity index (χ0n) is 9.91. The first kappa shape index (κ1) is 15.1. The molecule has 8 nitrogen and oxygen atoms in total. The molecule has 9 heteroatoms. The number of carboxylic acids is 1. The minimum absolute atomic E-state index is 0.0422. The fourth-order valence-corrected chi connectivity index (χ4v) is 3.07. The van der Waals surface area contributed by atoms with Crippen LogP contribution in [0.1, 0.15) is 12.8 Å². The van der Waals surface area contributed by atoms with Crippen molar-refractivity contribution in [2.24, 2.45) is 5.73 Å². The van der Waals surface area contributed by atoms with Crippen LogP contribution in [0, 0.1) is 0 Å². The average Bonchev–Trinajstić information content (AvgIpc) is 2.23. The summed E-state index contributed by atoms with van der Waals surface area (Å²) in [5, 5.41) is 11.0. The van der Waals surface area contributed by atoms with Crippen LogP contribution in [0.2, 0.25) is 0 Å². The van der Waals surface area contributed by atoms with Crippen LogP contribution >= 0.6 is 7.52 Å². The summed E-state index contributed by atoms with van der Waals surface area (Å²) in [6.07, 6.45) is 0.902. The lowest BCUT2D eigenvalue weighted by Gasteiger charge is -2.32. The number of hydrogen-bond acceptors (Lipinski definition) is 4. The second-order valence-corrected chi connectivity index (χ2v) is 6.30. The van der Waals surface area contributed by atoms with Crippen molar-refractivity contribution in [3.63, 3.8) is 0 Å². The summed E-state index contributed by atoms with van der Waals surface area (Å²) >= 11 is 0. The zero-order valence-corrected chi connectivity index (χ0v) is 10.8. The number of piperidine rings is 1. The maximum atomic E-state index is 11.9. The van der Waals surface area contributed by atoms with Gasteiger partial charge in [0.1, 0.15) is 6.54 Å². The van der Waals surface area contributed by atoms with Crippen molar-refractivity contribution in [1.82, 2.24) is 9.99 Å². The van der Waals surface area contributed by atoms with E-state index in [2.05, 4.69) is 5.09 Å². The lowest BCUT2D eigenvalue weighted by Crippen LogP contribution is -2.51. The number of aliphatic carboxylic acids is 1. The van der Waals surface area contributed by atoms with Gasteiger partial charge in [-0.3, -0.25) is 14.2 Å². The van der Waals surface area contributed by atoms with Gasteiger partial charge in [0, 0.05) is 13.1 Å². The first-order valence-electron chi connectivity index (χ1n) is 5.66. The molecule has 0 saturated carbocycles. The number of carboxylic acid groups (broad SMARTS) is 1. The highest BCUT2D eigenvalue weighted by atomic mass is 31.2. The number of carbonyl (C=O) groups excluding carboxylic acids is 1. The number of nitrogens with one attached hydrogen (secondary N) is 1. The molecule has 1 aliphatic rings. The smallest absolute Gasteiger partial charge is 0.323 e. The topological polar surface area (TPSA) is 133 Å². The molecule has 1 unspecified atom stereocenters. The van der Waals surface area contributed by atoms with Gasteiger partial charge < -0.3 is 20.6 Å². The minimum Gasteiger partial charge on any atom is -0.480 e. The molecule has 18 heavy (non-hydrogen) atoms. The number of nitrogens with zero attached hydrogens (tertiary/aromatic N) is 1. The molecular weight excluding hydrogens is 261 g/mol. The van der Waals surface area contributed by atoms with E-state index in [1.807, 2.05) is 0 Å². The Morgan fingerprint density at radius 3 is 2.83 bits per heavy atom. The second-order valence-electron chi connectivity index (χ2n) is 4.19. The van der Waals surface area contributed by atoms with E-state index in [-0.39, 0.29) is 19.3 Å². The molecule has 0 spiro atoms. The van der Waals surface area contributed by atoms with Crippen molar-refractivity contribution in [2.75, 3.05) is 25.8 Å². The normalized spacial score (nSPS) is 23.8. The van der Waals surface area contributed by atoms with E-state index in [1.54, 1.807) is 0 Å². The summed E-state index contributed by atoms with van der Waals surface area (Å²) in [4.78, 5) is 33.2. The van der Waals surface area contributed by atoms with Gasteiger partial charge in [0.2, 0.25) is 5.91 Å². The average molecular weight is 279 g/mol. The number of hydrogen-bond donors (Lipinski definition) is 4. The number of rotatable bonds is 6. The van der Waals surface area contributed by atoms with Crippen LogP contribution in [0.15, 0.2) is 0 Å². The molecule has 2 atom stereocenters. The maximum Gasteiger partial charge on any atom is 0.323 e. The summed E-state index contributed by atoms with van der Waals surface area (Å²) < 4.78 is 11.6. The Morgan fingerprint density at radius 1 is 1.61 bits per heavy atom. The van der Waals surface area contributed by atoms with E-state index in [4.69, 9.17) is 10.8 Å². The first-order valence-corrected chi connectivity index (χ1v) is 7.50. The van der Waals surface area contributed by atoms with Gasteiger partial charge in [-0.25, -0.2) is 5.09 Å². The lowest BCUT2D eigenvalue weighted by atomic mass is 10.1. The molecule has 1 amide bonds. The Morgan fingerprint density at radius 2 is 2.28 bits per heavy atom. The number of carbonyl (C=O) groups is 2. The molecule has 104 valence electrons. The third kappa shape index (κ3) is 4.38. The SMILES string of the molecule is NCCP(=O)(O)N[C@H]1CCCN(CC(=O)O)C1=O. The predicted octanol–water partition coefficient (Wildman–Crippen LogP) is -1.20. The molecule has 1 saturated heterocycles. The van der Waals surface area contributed by atoms with E-state index < -0.39 is 25.4 Å². The zero-order chi connectivity index (χ0) is 13.8. The molecule has 0 aromatic rings. The summed E-state index contributed by atoms with van der Waals surface area (Å²) in [7, 11) is -3.63. The van der Waals surface area contributed by atoms with Crippen LogP contribution in [0.5, 0.6) is 0 Å². The molecule has 1 fully saturated rings. The second kappa shape index (κ2) is 6.29. The number of likely N-dealkylation sites (tertiary alicyclic amines) is 1. The maximum absolute atomic E-state index is 11.9. The van der Waals surface area contributed by atoms with E-state index in [1.165, 1.54) is 4.90 Å². The fraction of sp³-hybridized carbons (Fsp3) is 0.778. The van der Waals surface area contributed by atoms with Gasteiger partial charge >= 0.3 is 5.97 Å². The van der Waals surface area contributed by atoms with Gasteiger partial charge in [0.15, 0.2) is 0 Å². The van der Waals surface area contributed by atoms with Crippen molar-refractivity contribution >= 4 is 19.4 Å². The van der Waals surface area contributed by atoms with Gasteiger partial charge in [0.05, 0.1) is 12.2 Å². The van der Waals surface area contributed by atoms with Crippen molar-refractivity contribution in [2.45, 2.75) is 18.9 Å². The van der Waals surface area contributed by atoms with Crippen LogP contribution < -0.4 is 10.8 Å². The Hall–Kier alpha value is -0.950. The Labute approximate surface area is 105 Å². The monoisotopic (exact) mass is 279 g/mol. The molecule has 1 aliphatic heterocycles. The molecule has 0 aromatic heterocycles. The summed E-state index contributed by atoms with van der Waals surface area (Å²) in [6.45, 7) is 0.0140. The van der Waals surface area contributed by atoms with Crippen molar-refractivity contribution < 1.29 is 24.2 Å². The summed E-state index contributed by atoms with van der Waals surface area (Å²) in [5.41, 5.74) is 5.20. The third-order valence-electron chi connectivity index (χ3n) is 2.65. The van der Waals surface area contributed by atoms with Crippen LogP contribution in [0.3, 0.4) is 0 Å². The highest BCUT2D eigenvalue weighted by molar-refractivity contribution is 7.55. The van der Waals surface area contributed by atoms with Crippen molar-refractivity contribution in [3.8, 4) is 0 Å². The van der Waals surface area contributed by atoms with Gasteiger partial charge in [-0.1, -0.05) is 0 Å². The quantitative estimate of drug-likeness (QED) is 0.448. The molecule has 5 N–H and O–H groups in total.